The number of benzene rings is 1. The summed E-state index contributed by atoms with van der Waals surface area (Å²) in [5, 5.41) is 13.3. The second-order valence-corrected chi connectivity index (χ2v) is 5.72. The number of nitrogens with one attached hydrogen (secondary N) is 2. The highest BCUT2D eigenvalue weighted by Crippen LogP contribution is 2.28. The number of aromatic amines is 1. The molecule has 1 aromatic carbocycles. The van der Waals surface area contributed by atoms with Crippen molar-refractivity contribution in [1.82, 2.24) is 15.3 Å². The summed E-state index contributed by atoms with van der Waals surface area (Å²) < 4.78 is 0.843. The summed E-state index contributed by atoms with van der Waals surface area (Å²) >= 11 is 3.35. The van der Waals surface area contributed by atoms with Crippen LogP contribution in [0.3, 0.4) is 0 Å². The second kappa shape index (κ2) is 5.38. The van der Waals surface area contributed by atoms with E-state index in [1.165, 1.54) is 0 Å². The molecule has 104 valence electrons. The molecule has 1 atom stereocenters. The minimum Gasteiger partial charge on any atom is -0.493 e. The summed E-state index contributed by atoms with van der Waals surface area (Å²) in [6, 6.07) is 7.23. The van der Waals surface area contributed by atoms with E-state index in [2.05, 4.69) is 31.2 Å². The van der Waals surface area contributed by atoms with Gasteiger partial charge < -0.3 is 15.4 Å². The average Bonchev–Trinajstić information content (AvgIpc) is 2.91. The van der Waals surface area contributed by atoms with Crippen molar-refractivity contribution in [3.05, 3.63) is 44.9 Å². The number of aromatic nitrogens is 2. The average molecular weight is 336 g/mol. The van der Waals surface area contributed by atoms with E-state index in [0.717, 1.165) is 23.9 Å². The first kappa shape index (κ1) is 13.3. The molecule has 5 nitrogen and oxygen atoms in total. The van der Waals surface area contributed by atoms with Crippen molar-refractivity contribution in [3.63, 3.8) is 0 Å². The highest BCUT2D eigenvalue weighted by Gasteiger charge is 2.21. The molecule has 0 radical (unpaired) electrons. The van der Waals surface area contributed by atoms with E-state index in [4.69, 9.17) is 0 Å². The zero-order chi connectivity index (χ0) is 14.1. The highest BCUT2D eigenvalue weighted by atomic mass is 79.9. The topological polar surface area (TPSA) is 78.0 Å². The van der Waals surface area contributed by atoms with Gasteiger partial charge in [0.15, 0.2) is 0 Å². The van der Waals surface area contributed by atoms with Crippen molar-refractivity contribution in [2.75, 3.05) is 6.54 Å². The molecule has 3 rings (SSSR count). The number of nitrogens with zero attached hydrogens (tertiary/aromatic N) is 1. The highest BCUT2D eigenvalue weighted by molar-refractivity contribution is 9.10. The van der Waals surface area contributed by atoms with Gasteiger partial charge in [-0.2, -0.15) is 4.98 Å². The molecular weight excluding hydrogens is 322 g/mol. The molecule has 0 bridgehead atoms. The lowest BCUT2D eigenvalue weighted by Gasteiger charge is -2.11. The minimum absolute atomic E-state index is 0.0187. The smallest absolute Gasteiger partial charge is 0.262 e. The van der Waals surface area contributed by atoms with Gasteiger partial charge >= 0.3 is 0 Å². The minimum atomic E-state index is -0.320. The van der Waals surface area contributed by atoms with E-state index < -0.39 is 0 Å². The van der Waals surface area contributed by atoms with Crippen LogP contribution in [0, 0.1) is 0 Å². The number of halogens is 1. The van der Waals surface area contributed by atoms with E-state index in [1.54, 1.807) is 12.1 Å². The standard InChI is InChI=1S/C14H14BrN3O2/c15-9-4-1-3-8(7-9)11-13(19)17-12(18-14(11)20)10-5-2-6-16-10/h1,3-4,7,10,16H,2,5-6H2,(H2,17,18,19,20). The fraction of sp³-hybridized carbons (Fsp3) is 0.286. The first-order valence-corrected chi connectivity index (χ1v) is 7.27. The van der Waals surface area contributed by atoms with Crippen LogP contribution in [-0.4, -0.2) is 21.6 Å². The van der Waals surface area contributed by atoms with E-state index >= 15 is 0 Å². The molecule has 2 aromatic rings. The van der Waals surface area contributed by atoms with Crippen LogP contribution in [-0.2, 0) is 0 Å². The van der Waals surface area contributed by atoms with Gasteiger partial charge in [0.2, 0.25) is 5.88 Å². The van der Waals surface area contributed by atoms with Crippen LogP contribution < -0.4 is 10.9 Å². The zero-order valence-electron chi connectivity index (χ0n) is 10.7. The predicted molar refractivity (Wildman–Crippen MR) is 79.6 cm³/mol. The Balaban J connectivity index is 2.07. The second-order valence-electron chi connectivity index (χ2n) is 4.81. The zero-order valence-corrected chi connectivity index (χ0v) is 12.3. The molecule has 1 aliphatic rings. The van der Waals surface area contributed by atoms with Gasteiger partial charge in [-0.1, -0.05) is 28.1 Å². The maximum atomic E-state index is 12.2. The van der Waals surface area contributed by atoms with Gasteiger partial charge in [-0.3, -0.25) is 4.79 Å². The Bertz CT molecular complexity index is 693. The summed E-state index contributed by atoms with van der Waals surface area (Å²) in [6.07, 6.45) is 1.96. The van der Waals surface area contributed by atoms with E-state index in [1.807, 2.05) is 12.1 Å². The van der Waals surface area contributed by atoms with Gasteiger partial charge in [-0.15, -0.1) is 0 Å². The SMILES string of the molecule is O=c1[nH]c(C2CCCN2)nc(O)c1-c1cccc(Br)c1. The first-order valence-electron chi connectivity index (χ1n) is 6.47. The Morgan fingerprint density at radius 2 is 2.25 bits per heavy atom. The summed E-state index contributed by atoms with van der Waals surface area (Å²) in [5.41, 5.74) is 0.518. The number of rotatable bonds is 2. The Labute approximate surface area is 124 Å². The van der Waals surface area contributed by atoms with Crippen molar-refractivity contribution >= 4 is 15.9 Å². The summed E-state index contributed by atoms with van der Waals surface area (Å²) in [5.74, 6) is 0.277. The largest absolute Gasteiger partial charge is 0.493 e. The van der Waals surface area contributed by atoms with Crippen molar-refractivity contribution in [1.29, 1.82) is 0 Å². The summed E-state index contributed by atoms with van der Waals surface area (Å²) in [4.78, 5) is 19.1. The van der Waals surface area contributed by atoms with Crippen LogP contribution in [0.2, 0.25) is 0 Å². The van der Waals surface area contributed by atoms with Gasteiger partial charge in [-0.05, 0) is 37.1 Å². The molecule has 0 amide bonds. The van der Waals surface area contributed by atoms with Crippen molar-refractivity contribution in [3.8, 4) is 17.0 Å². The monoisotopic (exact) mass is 335 g/mol. The molecule has 0 spiro atoms. The third-order valence-electron chi connectivity index (χ3n) is 3.42. The predicted octanol–water partition coefficient (Wildman–Crippen LogP) is 2.33. The van der Waals surface area contributed by atoms with Crippen LogP contribution in [0.25, 0.3) is 11.1 Å². The first-order chi connectivity index (χ1) is 9.65. The lowest BCUT2D eigenvalue weighted by molar-refractivity contribution is 0.444. The van der Waals surface area contributed by atoms with Crippen molar-refractivity contribution < 1.29 is 5.11 Å². The quantitative estimate of drug-likeness (QED) is 0.787. The van der Waals surface area contributed by atoms with Crippen molar-refractivity contribution in [2.45, 2.75) is 18.9 Å². The van der Waals surface area contributed by atoms with E-state index in [0.29, 0.717) is 11.4 Å². The number of aromatic hydroxyl groups is 1. The lowest BCUT2D eigenvalue weighted by atomic mass is 10.1. The molecule has 0 saturated carbocycles. The summed E-state index contributed by atoms with van der Waals surface area (Å²) in [6.45, 7) is 0.905. The van der Waals surface area contributed by atoms with Crippen LogP contribution >= 0.6 is 15.9 Å². The molecule has 1 unspecified atom stereocenters. The van der Waals surface area contributed by atoms with E-state index in [9.17, 15) is 9.90 Å². The van der Waals surface area contributed by atoms with Crippen molar-refractivity contribution in [2.24, 2.45) is 0 Å². The number of hydrogen-bond donors (Lipinski definition) is 3. The maximum Gasteiger partial charge on any atom is 0.262 e. The summed E-state index contributed by atoms with van der Waals surface area (Å²) in [7, 11) is 0. The lowest BCUT2D eigenvalue weighted by Crippen LogP contribution is -2.21. The fourth-order valence-corrected chi connectivity index (χ4v) is 2.86. The van der Waals surface area contributed by atoms with Gasteiger partial charge in [0, 0.05) is 4.47 Å². The fourth-order valence-electron chi connectivity index (χ4n) is 2.47. The van der Waals surface area contributed by atoms with Crippen LogP contribution in [0.5, 0.6) is 5.88 Å². The molecule has 1 fully saturated rings. The molecule has 0 aliphatic carbocycles. The molecule has 2 heterocycles. The molecule has 1 aliphatic heterocycles. The molecule has 6 heteroatoms. The molecular formula is C14H14BrN3O2. The Kier molecular flexibility index (Phi) is 3.58. The third-order valence-corrected chi connectivity index (χ3v) is 3.92. The van der Waals surface area contributed by atoms with E-state index in [-0.39, 0.29) is 23.0 Å². The number of H-pyrrole nitrogens is 1. The van der Waals surface area contributed by atoms with Gasteiger partial charge in [-0.25, -0.2) is 0 Å². The number of hydrogen-bond acceptors (Lipinski definition) is 4. The maximum absolute atomic E-state index is 12.2. The molecule has 20 heavy (non-hydrogen) atoms. The Morgan fingerprint density at radius 1 is 1.40 bits per heavy atom. The Hall–Kier alpha value is -1.66. The van der Waals surface area contributed by atoms with Crippen LogP contribution in [0.15, 0.2) is 33.5 Å². The normalized spacial score (nSPS) is 18.4. The van der Waals surface area contributed by atoms with Crippen LogP contribution in [0.1, 0.15) is 24.7 Å². The Morgan fingerprint density at radius 3 is 2.90 bits per heavy atom. The molecule has 1 aromatic heterocycles. The van der Waals surface area contributed by atoms with Gasteiger partial charge in [0.25, 0.3) is 5.56 Å². The van der Waals surface area contributed by atoms with Gasteiger partial charge in [0.1, 0.15) is 11.4 Å². The van der Waals surface area contributed by atoms with Crippen LogP contribution in [0.4, 0.5) is 0 Å². The van der Waals surface area contributed by atoms with Gasteiger partial charge in [0.05, 0.1) is 6.04 Å². The molecule has 3 N–H and O–H groups in total. The molecule has 1 saturated heterocycles. The third kappa shape index (κ3) is 2.48.